The Morgan fingerprint density at radius 1 is 1.48 bits per heavy atom. The van der Waals surface area contributed by atoms with Gasteiger partial charge in [-0.3, -0.25) is 0 Å². The van der Waals surface area contributed by atoms with Crippen LogP contribution in [0.5, 0.6) is 0 Å². The van der Waals surface area contributed by atoms with E-state index in [1.165, 1.54) is 0 Å². The maximum Gasteiger partial charge on any atom is 0.337 e. The number of aliphatic hydroxyl groups excluding tert-OH is 1. The minimum atomic E-state index is -0.935. The molecule has 3 rings (SSSR count). The Labute approximate surface area is 123 Å². The van der Waals surface area contributed by atoms with Crippen molar-refractivity contribution in [3.05, 3.63) is 29.6 Å². The van der Waals surface area contributed by atoms with Crippen LogP contribution in [0.4, 0.5) is 0 Å². The topological polar surface area (TPSA) is 75.3 Å². The summed E-state index contributed by atoms with van der Waals surface area (Å²) in [6.45, 7) is 2.28. The predicted molar refractivity (Wildman–Crippen MR) is 79.7 cm³/mol. The number of aliphatic hydroxyl groups is 1. The number of imidazole rings is 1. The molecule has 1 aliphatic rings. The Morgan fingerprint density at radius 2 is 2.24 bits per heavy atom. The van der Waals surface area contributed by atoms with E-state index in [-0.39, 0.29) is 18.2 Å². The van der Waals surface area contributed by atoms with Crippen molar-refractivity contribution in [2.45, 2.75) is 44.6 Å². The van der Waals surface area contributed by atoms with Gasteiger partial charge in [-0.1, -0.05) is 6.07 Å². The second kappa shape index (κ2) is 5.48. The molecule has 1 aliphatic carbocycles. The number of carboxylic acid groups (broad SMARTS) is 1. The highest BCUT2D eigenvalue weighted by molar-refractivity contribution is 6.01. The molecule has 5 heteroatoms. The summed E-state index contributed by atoms with van der Waals surface area (Å²) in [7, 11) is 0. The Hall–Kier alpha value is -1.88. The van der Waals surface area contributed by atoms with Crippen LogP contribution in [0, 0.1) is 0 Å². The van der Waals surface area contributed by atoms with Gasteiger partial charge in [0.05, 0.1) is 11.1 Å². The Morgan fingerprint density at radius 3 is 2.86 bits per heavy atom. The largest absolute Gasteiger partial charge is 0.478 e. The van der Waals surface area contributed by atoms with Crippen LogP contribution < -0.4 is 0 Å². The Balaban J connectivity index is 2.13. The van der Waals surface area contributed by atoms with Crippen LogP contribution in [0.3, 0.4) is 0 Å². The SMILES string of the molecule is CC(CCCO)n1c(C2CC2)nc2c(C(=O)O)cccc21. The molecule has 1 aromatic carbocycles. The molecule has 2 aromatic rings. The van der Waals surface area contributed by atoms with Crippen LogP contribution >= 0.6 is 0 Å². The average Bonchev–Trinajstić information content (AvgIpc) is 3.24. The zero-order chi connectivity index (χ0) is 15.0. The van der Waals surface area contributed by atoms with Gasteiger partial charge in [-0.25, -0.2) is 9.78 Å². The molecule has 5 nitrogen and oxygen atoms in total. The molecule has 0 spiro atoms. The van der Waals surface area contributed by atoms with Crippen molar-refractivity contribution >= 4 is 17.0 Å². The van der Waals surface area contributed by atoms with Crippen molar-refractivity contribution in [3.63, 3.8) is 0 Å². The molecular weight excluding hydrogens is 268 g/mol. The summed E-state index contributed by atoms with van der Waals surface area (Å²) in [6, 6.07) is 5.54. The summed E-state index contributed by atoms with van der Waals surface area (Å²) < 4.78 is 2.18. The molecule has 0 radical (unpaired) electrons. The summed E-state index contributed by atoms with van der Waals surface area (Å²) >= 11 is 0. The molecule has 0 amide bonds. The van der Waals surface area contributed by atoms with Crippen LogP contribution in [0.2, 0.25) is 0 Å². The van der Waals surface area contributed by atoms with Crippen molar-refractivity contribution in [1.82, 2.24) is 9.55 Å². The zero-order valence-electron chi connectivity index (χ0n) is 12.1. The first-order chi connectivity index (χ1) is 10.1. The van der Waals surface area contributed by atoms with E-state index in [9.17, 15) is 9.90 Å². The number of para-hydroxylation sites is 1. The highest BCUT2D eigenvalue weighted by Gasteiger charge is 2.31. The van der Waals surface area contributed by atoms with E-state index in [4.69, 9.17) is 5.11 Å². The van der Waals surface area contributed by atoms with Gasteiger partial charge >= 0.3 is 5.97 Å². The molecule has 1 unspecified atom stereocenters. The lowest BCUT2D eigenvalue weighted by molar-refractivity contribution is 0.0699. The first kappa shape index (κ1) is 14.1. The van der Waals surface area contributed by atoms with Gasteiger partial charge in [-0.2, -0.15) is 0 Å². The lowest BCUT2D eigenvalue weighted by atomic mass is 10.1. The number of aromatic nitrogens is 2. The molecule has 0 saturated heterocycles. The van der Waals surface area contributed by atoms with Gasteiger partial charge in [0.15, 0.2) is 0 Å². The second-order valence-corrected chi connectivity index (χ2v) is 5.81. The molecule has 0 aliphatic heterocycles. The average molecular weight is 288 g/mol. The number of carboxylic acids is 1. The number of nitrogens with zero attached hydrogens (tertiary/aromatic N) is 2. The normalized spacial score (nSPS) is 16.3. The van der Waals surface area contributed by atoms with Gasteiger partial charge in [0.2, 0.25) is 0 Å². The van der Waals surface area contributed by atoms with E-state index in [2.05, 4.69) is 16.5 Å². The fourth-order valence-corrected chi connectivity index (χ4v) is 2.92. The minimum absolute atomic E-state index is 0.177. The second-order valence-electron chi connectivity index (χ2n) is 5.81. The number of aromatic carboxylic acids is 1. The van der Waals surface area contributed by atoms with Gasteiger partial charge in [0.1, 0.15) is 11.3 Å². The molecule has 112 valence electrons. The third kappa shape index (κ3) is 2.53. The third-order valence-corrected chi connectivity index (χ3v) is 4.14. The van der Waals surface area contributed by atoms with Crippen LogP contribution in [-0.4, -0.2) is 32.3 Å². The third-order valence-electron chi connectivity index (χ3n) is 4.14. The lowest BCUT2D eigenvalue weighted by Crippen LogP contribution is -2.09. The van der Waals surface area contributed by atoms with Crippen LogP contribution in [-0.2, 0) is 0 Å². The van der Waals surface area contributed by atoms with Crippen LogP contribution in [0.25, 0.3) is 11.0 Å². The van der Waals surface area contributed by atoms with E-state index >= 15 is 0 Å². The molecule has 1 heterocycles. The highest BCUT2D eigenvalue weighted by atomic mass is 16.4. The number of fused-ring (bicyclic) bond motifs is 1. The monoisotopic (exact) mass is 288 g/mol. The van der Waals surface area contributed by atoms with Gasteiger partial charge in [0, 0.05) is 18.6 Å². The zero-order valence-corrected chi connectivity index (χ0v) is 12.1. The molecule has 1 atom stereocenters. The fourth-order valence-electron chi connectivity index (χ4n) is 2.92. The standard InChI is InChI=1S/C16H20N2O3/c1-10(4-3-9-19)18-13-6-2-5-12(16(20)21)14(13)17-15(18)11-7-8-11/h2,5-6,10-11,19H,3-4,7-9H2,1H3,(H,20,21). The van der Waals surface area contributed by atoms with Crippen molar-refractivity contribution in [2.75, 3.05) is 6.61 Å². The van der Waals surface area contributed by atoms with Crippen LogP contribution in [0.15, 0.2) is 18.2 Å². The summed E-state index contributed by atoms with van der Waals surface area (Å²) in [5, 5.41) is 18.4. The number of rotatable bonds is 6. The van der Waals surface area contributed by atoms with Gasteiger partial charge in [-0.05, 0) is 44.7 Å². The Bertz CT molecular complexity index is 673. The molecule has 1 fully saturated rings. The lowest BCUT2D eigenvalue weighted by Gasteiger charge is -2.17. The predicted octanol–water partition coefficient (Wildman–Crippen LogP) is 2.95. The molecule has 2 N–H and O–H groups in total. The van der Waals surface area contributed by atoms with Gasteiger partial charge < -0.3 is 14.8 Å². The smallest absolute Gasteiger partial charge is 0.337 e. The maximum atomic E-state index is 11.4. The van der Waals surface area contributed by atoms with Crippen molar-refractivity contribution in [1.29, 1.82) is 0 Å². The first-order valence-electron chi connectivity index (χ1n) is 7.48. The number of hydrogen-bond acceptors (Lipinski definition) is 3. The first-order valence-corrected chi connectivity index (χ1v) is 7.48. The summed E-state index contributed by atoms with van der Waals surface area (Å²) in [5.41, 5.74) is 1.74. The van der Waals surface area contributed by atoms with E-state index in [1.807, 2.05) is 6.07 Å². The number of hydrogen-bond donors (Lipinski definition) is 2. The number of benzene rings is 1. The highest BCUT2D eigenvalue weighted by Crippen LogP contribution is 2.42. The summed E-state index contributed by atoms with van der Waals surface area (Å²) in [6.07, 6.45) is 3.85. The molecule has 21 heavy (non-hydrogen) atoms. The maximum absolute atomic E-state index is 11.4. The number of carbonyl (C=O) groups is 1. The molecule has 0 bridgehead atoms. The molecule has 1 aromatic heterocycles. The summed E-state index contributed by atoms with van der Waals surface area (Å²) in [4.78, 5) is 16.0. The van der Waals surface area contributed by atoms with Crippen molar-refractivity contribution in [3.8, 4) is 0 Å². The van der Waals surface area contributed by atoms with Gasteiger partial charge in [0.25, 0.3) is 0 Å². The summed E-state index contributed by atoms with van der Waals surface area (Å²) in [5.74, 6) is 0.523. The van der Waals surface area contributed by atoms with E-state index in [0.29, 0.717) is 11.4 Å². The fraction of sp³-hybridized carbons (Fsp3) is 0.500. The Kier molecular flexibility index (Phi) is 3.68. The van der Waals surface area contributed by atoms with Gasteiger partial charge in [-0.15, -0.1) is 0 Å². The quantitative estimate of drug-likeness (QED) is 0.857. The minimum Gasteiger partial charge on any atom is -0.478 e. The van der Waals surface area contributed by atoms with Crippen LogP contribution in [0.1, 0.15) is 60.7 Å². The van der Waals surface area contributed by atoms with Crippen molar-refractivity contribution < 1.29 is 15.0 Å². The van der Waals surface area contributed by atoms with E-state index in [1.54, 1.807) is 12.1 Å². The molecule has 1 saturated carbocycles. The molecular formula is C16H20N2O3. The van der Waals surface area contributed by atoms with E-state index in [0.717, 1.165) is 37.0 Å². The van der Waals surface area contributed by atoms with E-state index < -0.39 is 5.97 Å². The van der Waals surface area contributed by atoms with Crippen molar-refractivity contribution in [2.24, 2.45) is 0 Å².